The predicted molar refractivity (Wildman–Crippen MR) is 134 cm³/mol. The van der Waals surface area contributed by atoms with Crippen molar-refractivity contribution in [2.24, 2.45) is 0 Å². The zero-order chi connectivity index (χ0) is 24.2. The maximum atomic E-state index is 10.4. The SMILES string of the molecule is COc1nc(N2CCC(C)(O)C2)cc(-n2ncc3cc(C)c(C4CCN(C5COC5)CC4)cc32)n1. The van der Waals surface area contributed by atoms with Crippen LogP contribution in [0, 0.1) is 6.92 Å². The molecule has 3 aromatic rings. The van der Waals surface area contributed by atoms with Crippen molar-refractivity contribution in [1.29, 1.82) is 0 Å². The summed E-state index contributed by atoms with van der Waals surface area (Å²) in [5.74, 6) is 1.96. The predicted octanol–water partition coefficient (Wildman–Crippen LogP) is 2.67. The fourth-order valence-electron chi connectivity index (χ4n) is 5.74. The van der Waals surface area contributed by atoms with Crippen LogP contribution in [0.3, 0.4) is 0 Å². The highest BCUT2D eigenvalue weighted by atomic mass is 16.5. The van der Waals surface area contributed by atoms with Gasteiger partial charge in [0.2, 0.25) is 0 Å². The van der Waals surface area contributed by atoms with Crippen LogP contribution in [0.5, 0.6) is 6.01 Å². The van der Waals surface area contributed by atoms with Crippen molar-refractivity contribution in [3.05, 3.63) is 35.5 Å². The van der Waals surface area contributed by atoms with Crippen LogP contribution in [-0.2, 0) is 4.74 Å². The first-order valence-electron chi connectivity index (χ1n) is 12.6. The largest absolute Gasteiger partial charge is 0.467 e. The van der Waals surface area contributed by atoms with Crippen LogP contribution < -0.4 is 9.64 Å². The van der Waals surface area contributed by atoms with Crippen molar-refractivity contribution in [1.82, 2.24) is 24.6 Å². The lowest BCUT2D eigenvalue weighted by atomic mass is 9.85. The molecule has 3 aliphatic heterocycles. The van der Waals surface area contributed by atoms with Crippen molar-refractivity contribution in [3.63, 3.8) is 0 Å². The fourth-order valence-corrected chi connectivity index (χ4v) is 5.74. The number of β-amino-alcohol motifs (C(OH)–C–C–N with tert-alkyl or cyclic N) is 1. The van der Waals surface area contributed by atoms with E-state index >= 15 is 0 Å². The first-order valence-corrected chi connectivity index (χ1v) is 12.6. The maximum Gasteiger partial charge on any atom is 0.320 e. The standard InChI is InChI=1S/C26H34N6O3/c1-17-10-19-13-27-32(22(19)11-21(17)18-4-7-30(8-5-18)20-14-35-15-20)24-12-23(28-25(29-24)34-3)31-9-6-26(2,33)16-31/h10-13,18,20,33H,4-9,14-16H2,1-3H3. The minimum atomic E-state index is -0.718. The molecular formula is C26H34N6O3. The molecular weight excluding hydrogens is 444 g/mol. The molecule has 9 nitrogen and oxygen atoms in total. The number of rotatable bonds is 5. The highest BCUT2D eigenvalue weighted by Gasteiger charge is 2.33. The number of anilines is 1. The number of nitrogens with zero attached hydrogens (tertiary/aromatic N) is 6. The first-order chi connectivity index (χ1) is 16.9. The Hall–Kier alpha value is -2.75. The number of methoxy groups -OCH3 is 1. The zero-order valence-corrected chi connectivity index (χ0v) is 20.8. The van der Waals surface area contributed by atoms with Crippen LogP contribution in [0.4, 0.5) is 5.82 Å². The van der Waals surface area contributed by atoms with E-state index in [0.717, 1.165) is 62.4 Å². The number of hydrogen-bond donors (Lipinski definition) is 1. The number of aliphatic hydroxyl groups is 1. The molecule has 186 valence electrons. The lowest BCUT2D eigenvalue weighted by molar-refractivity contribution is -0.0712. The van der Waals surface area contributed by atoms with Gasteiger partial charge in [0.05, 0.1) is 43.7 Å². The highest BCUT2D eigenvalue weighted by molar-refractivity contribution is 5.82. The Labute approximate surface area is 205 Å². The Balaban J connectivity index is 1.32. The molecule has 5 heterocycles. The monoisotopic (exact) mass is 478 g/mol. The summed E-state index contributed by atoms with van der Waals surface area (Å²) in [5.41, 5.74) is 3.05. The van der Waals surface area contributed by atoms with Gasteiger partial charge in [-0.1, -0.05) is 0 Å². The number of ether oxygens (including phenoxy) is 2. The molecule has 3 aliphatic rings. The molecule has 0 amide bonds. The number of likely N-dealkylation sites (tertiary alicyclic amines) is 1. The van der Waals surface area contributed by atoms with E-state index in [2.05, 4.69) is 38.8 Å². The molecule has 0 aliphatic carbocycles. The van der Waals surface area contributed by atoms with Crippen LogP contribution in [0.25, 0.3) is 16.7 Å². The quantitative estimate of drug-likeness (QED) is 0.599. The summed E-state index contributed by atoms with van der Waals surface area (Å²) in [6.45, 7) is 9.36. The van der Waals surface area contributed by atoms with Crippen LogP contribution in [0.2, 0.25) is 0 Å². The lowest BCUT2D eigenvalue weighted by Crippen LogP contribution is -2.51. The maximum absolute atomic E-state index is 10.4. The third kappa shape index (κ3) is 4.26. The Morgan fingerprint density at radius 1 is 1.09 bits per heavy atom. The number of benzene rings is 1. The van der Waals surface area contributed by atoms with Crippen molar-refractivity contribution in [3.8, 4) is 11.8 Å². The normalized spacial score (nSPS) is 24.3. The molecule has 0 saturated carbocycles. The molecule has 1 atom stereocenters. The molecule has 0 bridgehead atoms. The molecule has 3 saturated heterocycles. The van der Waals surface area contributed by atoms with E-state index in [0.29, 0.717) is 36.8 Å². The van der Waals surface area contributed by atoms with Crippen molar-refractivity contribution < 1.29 is 14.6 Å². The smallest absolute Gasteiger partial charge is 0.320 e. The van der Waals surface area contributed by atoms with E-state index in [-0.39, 0.29) is 0 Å². The van der Waals surface area contributed by atoms with E-state index in [1.54, 1.807) is 7.11 Å². The molecule has 6 rings (SSSR count). The van der Waals surface area contributed by atoms with Gasteiger partial charge < -0.3 is 19.5 Å². The van der Waals surface area contributed by atoms with Crippen molar-refractivity contribution in [2.75, 3.05) is 51.4 Å². The topological polar surface area (TPSA) is 88.8 Å². The summed E-state index contributed by atoms with van der Waals surface area (Å²) in [6, 6.07) is 7.40. The summed E-state index contributed by atoms with van der Waals surface area (Å²) in [4.78, 5) is 13.8. The van der Waals surface area contributed by atoms with Crippen molar-refractivity contribution >= 4 is 16.7 Å². The Kier molecular flexibility index (Phi) is 5.66. The van der Waals surface area contributed by atoms with Gasteiger partial charge in [-0.25, -0.2) is 4.68 Å². The molecule has 1 unspecified atom stereocenters. The lowest BCUT2D eigenvalue weighted by Gasteiger charge is -2.41. The van der Waals surface area contributed by atoms with Gasteiger partial charge in [-0.15, -0.1) is 0 Å². The number of hydrogen-bond acceptors (Lipinski definition) is 8. The number of fused-ring (bicyclic) bond motifs is 1. The van der Waals surface area contributed by atoms with Crippen molar-refractivity contribution in [2.45, 2.75) is 50.7 Å². The second-order valence-electron chi connectivity index (χ2n) is 10.6. The first kappa shape index (κ1) is 22.7. The Morgan fingerprint density at radius 2 is 1.86 bits per heavy atom. The third-order valence-corrected chi connectivity index (χ3v) is 7.92. The summed E-state index contributed by atoms with van der Waals surface area (Å²) in [6.07, 6.45) is 4.93. The van der Waals surface area contributed by atoms with Gasteiger partial charge in [-0.2, -0.15) is 15.1 Å². The molecule has 9 heteroatoms. The average Bonchev–Trinajstić information content (AvgIpc) is 3.40. The van der Waals surface area contributed by atoms with Gasteiger partial charge in [-0.3, -0.25) is 4.90 Å². The fraction of sp³-hybridized carbons (Fsp3) is 0.577. The Morgan fingerprint density at radius 3 is 2.51 bits per heavy atom. The molecule has 1 N–H and O–H groups in total. The van der Waals surface area contributed by atoms with E-state index in [1.807, 2.05) is 23.9 Å². The van der Waals surface area contributed by atoms with Gasteiger partial charge in [-0.05, 0) is 75.4 Å². The molecule has 0 radical (unpaired) electrons. The van der Waals surface area contributed by atoms with E-state index < -0.39 is 5.60 Å². The van der Waals surface area contributed by atoms with E-state index in [1.165, 1.54) is 11.1 Å². The van der Waals surface area contributed by atoms with Gasteiger partial charge in [0.1, 0.15) is 5.82 Å². The molecule has 35 heavy (non-hydrogen) atoms. The minimum Gasteiger partial charge on any atom is -0.467 e. The van der Waals surface area contributed by atoms with Crippen LogP contribution in [0.15, 0.2) is 24.4 Å². The molecule has 3 fully saturated rings. The van der Waals surface area contributed by atoms with Gasteiger partial charge in [0.15, 0.2) is 5.82 Å². The second kappa shape index (κ2) is 8.72. The highest BCUT2D eigenvalue weighted by Crippen LogP contribution is 2.35. The van der Waals surface area contributed by atoms with Gasteiger partial charge in [0.25, 0.3) is 0 Å². The summed E-state index contributed by atoms with van der Waals surface area (Å²) in [7, 11) is 1.58. The zero-order valence-electron chi connectivity index (χ0n) is 20.8. The summed E-state index contributed by atoms with van der Waals surface area (Å²) >= 11 is 0. The molecule has 1 aromatic carbocycles. The average molecular weight is 479 g/mol. The third-order valence-electron chi connectivity index (χ3n) is 7.92. The van der Waals surface area contributed by atoms with E-state index in [4.69, 9.17) is 14.6 Å². The van der Waals surface area contributed by atoms with Crippen LogP contribution in [-0.4, -0.2) is 87.9 Å². The van der Waals surface area contributed by atoms with Crippen LogP contribution >= 0.6 is 0 Å². The van der Waals surface area contributed by atoms with Gasteiger partial charge >= 0.3 is 6.01 Å². The number of piperidine rings is 1. The molecule has 2 aromatic heterocycles. The minimum absolute atomic E-state index is 0.298. The van der Waals surface area contributed by atoms with Crippen LogP contribution in [0.1, 0.15) is 43.2 Å². The second-order valence-corrected chi connectivity index (χ2v) is 10.6. The summed E-state index contributed by atoms with van der Waals surface area (Å²) in [5, 5.41) is 16.2. The Bertz CT molecular complexity index is 1230. The van der Waals surface area contributed by atoms with Gasteiger partial charge in [0, 0.05) is 24.5 Å². The number of aryl methyl sites for hydroxylation is 1. The summed E-state index contributed by atoms with van der Waals surface area (Å²) < 4.78 is 12.7. The number of aromatic nitrogens is 4. The van der Waals surface area contributed by atoms with E-state index in [9.17, 15) is 5.11 Å². The molecule has 0 spiro atoms.